The van der Waals surface area contributed by atoms with Gasteiger partial charge in [0.15, 0.2) is 0 Å². The Balaban J connectivity index is 1.58. The van der Waals surface area contributed by atoms with Crippen molar-refractivity contribution in [1.29, 1.82) is 0 Å². The lowest BCUT2D eigenvalue weighted by atomic mass is 10.0. The van der Waals surface area contributed by atoms with Crippen LogP contribution in [0, 0.1) is 0 Å². The van der Waals surface area contributed by atoms with Gasteiger partial charge in [0.1, 0.15) is 12.7 Å². The molecule has 1 unspecified atom stereocenters. The minimum Gasteiger partial charge on any atom is -0.346 e. The van der Waals surface area contributed by atoms with Gasteiger partial charge in [-0.1, -0.05) is 50.2 Å². The van der Waals surface area contributed by atoms with Crippen molar-refractivity contribution in [3.05, 3.63) is 84.0 Å². The molecule has 5 heteroatoms. The fraction of sp³-hybridized carbons (Fsp3) is 0.227. The van der Waals surface area contributed by atoms with E-state index in [1.807, 2.05) is 49.4 Å². The van der Waals surface area contributed by atoms with Crippen LogP contribution in [0.3, 0.4) is 0 Å². The molecule has 1 amide bonds. The van der Waals surface area contributed by atoms with Crippen LogP contribution in [-0.2, 0) is 4.79 Å². The van der Waals surface area contributed by atoms with Crippen LogP contribution < -0.4 is 5.32 Å². The van der Waals surface area contributed by atoms with Gasteiger partial charge >= 0.3 is 0 Å². The van der Waals surface area contributed by atoms with E-state index in [1.54, 1.807) is 17.1 Å². The third-order valence-corrected chi connectivity index (χ3v) is 4.47. The van der Waals surface area contributed by atoms with Gasteiger partial charge in [0.25, 0.3) is 0 Å². The third-order valence-electron chi connectivity index (χ3n) is 4.47. The van der Waals surface area contributed by atoms with Crippen molar-refractivity contribution in [2.45, 2.75) is 32.7 Å². The van der Waals surface area contributed by atoms with Gasteiger partial charge in [0, 0.05) is 6.08 Å². The molecule has 0 aliphatic rings. The molecule has 0 radical (unpaired) electrons. The second kappa shape index (κ2) is 8.45. The van der Waals surface area contributed by atoms with Crippen molar-refractivity contribution >= 4 is 12.0 Å². The highest BCUT2D eigenvalue weighted by Crippen LogP contribution is 2.16. The van der Waals surface area contributed by atoms with Crippen LogP contribution in [0.5, 0.6) is 0 Å². The molecule has 0 fully saturated rings. The zero-order valence-electron chi connectivity index (χ0n) is 15.8. The molecule has 3 aromatic rings. The number of rotatable bonds is 6. The van der Waals surface area contributed by atoms with Crippen molar-refractivity contribution in [3.63, 3.8) is 0 Å². The van der Waals surface area contributed by atoms with Crippen molar-refractivity contribution in [3.8, 4) is 5.69 Å². The summed E-state index contributed by atoms with van der Waals surface area (Å²) in [6.45, 7) is 6.30. The maximum absolute atomic E-state index is 12.2. The predicted octanol–water partition coefficient (Wildman–Crippen LogP) is 4.28. The molecule has 0 saturated heterocycles. The Kier molecular flexibility index (Phi) is 5.81. The van der Waals surface area contributed by atoms with Gasteiger partial charge in [-0.25, -0.2) is 9.67 Å². The molecule has 3 rings (SSSR count). The average molecular weight is 360 g/mol. The highest BCUT2D eigenvalue weighted by atomic mass is 16.1. The Hall–Kier alpha value is -3.21. The maximum Gasteiger partial charge on any atom is 0.244 e. The topological polar surface area (TPSA) is 59.8 Å². The molecule has 1 aromatic heterocycles. The fourth-order valence-electron chi connectivity index (χ4n) is 2.77. The lowest BCUT2D eigenvalue weighted by molar-refractivity contribution is -0.117. The molecular formula is C22H24N4O. The minimum absolute atomic E-state index is 0.0877. The van der Waals surface area contributed by atoms with Crippen molar-refractivity contribution in [2.75, 3.05) is 0 Å². The van der Waals surface area contributed by atoms with E-state index in [9.17, 15) is 4.79 Å². The van der Waals surface area contributed by atoms with Crippen LogP contribution in [-0.4, -0.2) is 20.7 Å². The summed E-state index contributed by atoms with van der Waals surface area (Å²) in [5.41, 5.74) is 4.26. The van der Waals surface area contributed by atoms with Crippen LogP contribution in [0.4, 0.5) is 0 Å². The Bertz CT molecular complexity index is 895. The lowest BCUT2D eigenvalue weighted by Gasteiger charge is -2.13. The molecular weight excluding hydrogens is 336 g/mol. The minimum atomic E-state index is -0.115. The molecule has 1 heterocycles. The van der Waals surface area contributed by atoms with Crippen molar-refractivity contribution < 1.29 is 4.79 Å². The van der Waals surface area contributed by atoms with E-state index in [2.05, 4.69) is 41.4 Å². The standard InChI is InChI=1S/C22H24N4O/c1-16(2)19-7-4-18(5-8-19)6-13-22(27)25-17(3)20-9-11-21(12-10-20)26-15-23-14-24-26/h4-17H,1-3H3,(H,25,27)/b13-6+. The first-order chi connectivity index (χ1) is 13.0. The number of carbonyl (C=O) groups is 1. The summed E-state index contributed by atoms with van der Waals surface area (Å²) in [5.74, 6) is 0.388. The Morgan fingerprint density at radius 1 is 1.00 bits per heavy atom. The van der Waals surface area contributed by atoms with Gasteiger partial charge in [-0.2, -0.15) is 5.10 Å². The molecule has 0 saturated carbocycles. The van der Waals surface area contributed by atoms with E-state index >= 15 is 0 Å². The maximum atomic E-state index is 12.2. The van der Waals surface area contributed by atoms with Crippen LogP contribution in [0.25, 0.3) is 11.8 Å². The number of hydrogen-bond donors (Lipinski definition) is 1. The highest BCUT2D eigenvalue weighted by molar-refractivity contribution is 5.91. The molecule has 138 valence electrons. The third kappa shape index (κ3) is 4.91. The van der Waals surface area contributed by atoms with Gasteiger partial charge in [-0.3, -0.25) is 4.79 Å². The van der Waals surface area contributed by atoms with Gasteiger partial charge in [-0.05, 0) is 47.7 Å². The van der Waals surface area contributed by atoms with Crippen LogP contribution in [0.2, 0.25) is 0 Å². The van der Waals surface area contributed by atoms with Crippen molar-refractivity contribution in [1.82, 2.24) is 20.1 Å². The Morgan fingerprint density at radius 3 is 2.26 bits per heavy atom. The van der Waals surface area contributed by atoms with E-state index in [0.717, 1.165) is 16.8 Å². The molecule has 0 bridgehead atoms. The van der Waals surface area contributed by atoms with Gasteiger partial charge < -0.3 is 5.32 Å². The molecule has 5 nitrogen and oxygen atoms in total. The summed E-state index contributed by atoms with van der Waals surface area (Å²) in [7, 11) is 0. The molecule has 1 N–H and O–H groups in total. The number of benzene rings is 2. The first-order valence-corrected chi connectivity index (χ1v) is 9.06. The zero-order chi connectivity index (χ0) is 19.2. The monoisotopic (exact) mass is 360 g/mol. The lowest BCUT2D eigenvalue weighted by Crippen LogP contribution is -2.24. The zero-order valence-corrected chi connectivity index (χ0v) is 15.8. The number of aromatic nitrogens is 3. The number of hydrogen-bond acceptors (Lipinski definition) is 3. The smallest absolute Gasteiger partial charge is 0.244 e. The quantitative estimate of drug-likeness (QED) is 0.668. The van der Waals surface area contributed by atoms with Gasteiger partial charge in [0.05, 0.1) is 11.7 Å². The second-order valence-electron chi connectivity index (χ2n) is 6.82. The summed E-state index contributed by atoms with van der Waals surface area (Å²) in [6.07, 6.45) is 6.56. The van der Waals surface area contributed by atoms with E-state index in [1.165, 1.54) is 11.9 Å². The summed E-state index contributed by atoms with van der Waals surface area (Å²) in [6, 6.07) is 16.1. The average Bonchev–Trinajstić information content (AvgIpc) is 3.21. The van der Waals surface area contributed by atoms with Crippen LogP contribution in [0.1, 0.15) is 49.4 Å². The molecule has 2 aromatic carbocycles. The highest BCUT2D eigenvalue weighted by Gasteiger charge is 2.08. The SMILES string of the molecule is CC(C)c1ccc(/C=C/C(=O)NC(C)c2ccc(-n3cncn3)cc2)cc1. The van der Waals surface area contributed by atoms with Gasteiger partial charge in [0.2, 0.25) is 5.91 Å². The first-order valence-electron chi connectivity index (χ1n) is 9.06. The number of amides is 1. The summed E-state index contributed by atoms with van der Waals surface area (Å²) < 4.78 is 1.69. The first kappa shape index (κ1) is 18.6. The van der Waals surface area contributed by atoms with E-state index in [0.29, 0.717) is 5.92 Å². The summed E-state index contributed by atoms with van der Waals surface area (Å²) >= 11 is 0. The normalized spacial score (nSPS) is 12.4. The summed E-state index contributed by atoms with van der Waals surface area (Å²) in [5, 5.41) is 7.09. The molecule has 27 heavy (non-hydrogen) atoms. The van der Waals surface area contributed by atoms with Crippen LogP contribution >= 0.6 is 0 Å². The summed E-state index contributed by atoms with van der Waals surface area (Å²) in [4.78, 5) is 16.2. The fourth-order valence-corrected chi connectivity index (χ4v) is 2.77. The number of nitrogens with one attached hydrogen (secondary N) is 1. The second-order valence-corrected chi connectivity index (χ2v) is 6.82. The van der Waals surface area contributed by atoms with Crippen molar-refractivity contribution in [2.24, 2.45) is 0 Å². The number of carbonyl (C=O) groups excluding carboxylic acids is 1. The largest absolute Gasteiger partial charge is 0.346 e. The predicted molar refractivity (Wildman–Crippen MR) is 107 cm³/mol. The van der Waals surface area contributed by atoms with E-state index in [-0.39, 0.29) is 11.9 Å². The van der Waals surface area contributed by atoms with E-state index < -0.39 is 0 Å². The molecule has 0 spiro atoms. The van der Waals surface area contributed by atoms with E-state index in [4.69, 9.17) is 0 Å². The Morgan fingerprint density at radius 2 is 1.67 bits per heavy atom. The molecule has 0 aliphatic carbocycles. The molecule has 1 atom stereocenters. The molecule has 0 aliphatic heterocycles. The Labute approximate surface area is 159 Å². The van der Waals surface area contributed by atoms with Gasteiger partial charge in [-0.15, -0.1) is 0 Å². The van der Waals surface area contributed by atoms with Crippen LogP contribution in [0.15, 0.2) is 67.3 Å². The number of nitrogens with zero attached hydrogens (tertiary/aromatic N) is 3.